The Kier molecular flexibility index (Phi) is 4.72. The zero-order valence-electron chi connectivity index (χ0n) is 11.3. The minimum atomic E-state index is -0.221. The Hall–Kier alpha value is -0.940. The van der Waals surface area contributed by atoms with E-state index in [0.29, 0.717) is 12.4 Å². The molecule has 2 unspecified atom stereocenters. The quantitative estimate of drug-likeness (QED) is 0.866. The van der Waals surface area contributed by atoms with Gasteiger partial charge in [-0.25, -0.2) is 0 Å². The van der Waals surface area contributed by atoms with Crippen molar-refractivity contribution in [1.82, 2.24) is 15.0 Å². The summed E-state index contributed by atoms with van der Waals surface area (Å²) in [4.78, 5) is 6.49. The number of aromatic nitrogens is 2. The maximum absolute atomic E-state index is 10.00. The molecule has 1 aliphatic carbocycles. The number of likely N-dealkylation sites (N-methyl/N-ethyl adjacent to an activating group) is 1. The van der Waals surface area contributed by atoms with Crippen molar-refractivity contribution in [1.29, 1.82) is 0 Å². The lowest BCUT2D eigenvalue weighted by molar-refractivity contribution is 0.0248. The van der Waals surface area contributed by atoms with E-state index in [1.54, 1.807) is 0 Å². The molecule has 5 nitrogen and oxygen atoms in total. The number of rotatable bonds is 5. The van der Waals surface area contributed by atoms with Crippen LogP contribution >= 0.6 is 0 Å². The molecule has 1 saturated carbocycles. The molecule has 5 heteroatoms. The lowest BCUT2D eigenvalue weighted by Crippen LogP contribution is -2.42. The Bertz CT molecular complexity index is 367. The Morgan fingerprint density at radius 1 is 1.39 bits per heavy atom. The average molecular weight is 253 g/mol. The SMILES string of the molecule is CCCc1noc(CN(C)C2CCCCC2O)n1. The summed E-state index contributed by atoms with van der Waals surface area (Å²) < 4.78 is 5.23. The predicted molar refractivity (Wildman–Crippen MR) is 68.0 cm³/mol. The summed E-state index contributed by atoms with van der Waals surface area (Å²) in [6, 6.07) is 0.222. The lowest BCUT2D eigenvalue weighted by atomic mass is 9.91. The largest absolute Gasteiger partial charge is 0.391 e. The fourth-order valence-electron chi connectivity index (χ4n) is 2.62. The Labute approximate surface area is 108 Å². The Balaban J connectivity index is 1.90. The number of aliphatic hydroxyl groups excluding tert-OH is 1. The van der Waals surface area contributed by atoms with Gasteiger partial charge in [-0.15, -0.1) is 0 Å². The summed E-state index contributed by atoms with van der Waals surface area (Å²) in [5.74, 6) is 1.43. The van der Waals surface area contributed by atoms with Crippen LogP contribution in [0.15, 0.2) is 4.52 Å². The molecule has 0 radical (unpaired) electrons. The van der Waals surface area contributed by atoms with E-state index in [1.807, 2.05) is 7.05 Å². The topological polar surface area (TPSA) is 62.4 Å². The third-order valence-corrected chi connectivity index (χ3v) is 3.63. The number of aryl methyl sites for hydroxylation is 1. The van der Waals surface area contributed by atoms with Gasteiger partial charge in [0.25, 0.3) is 0 Å². The van der Waals surface area contributed by atoms with Crippen LogP contribution in [0.2, 0.25) is 0 Å². The fourth-order valence-corrected chi connectivity index (χ4v) is 2.62. The van der Waals surface area contributed by atoms with Gasteiger partial charge in [-0.3, -0.25) is 4.90 Å². The molecule has 2 atom stereocenters. The summed E-state index contributed by atoms with van der Waals surface area (Å²) in [5, 5.41) is 13.9. The van der Waals surface area contributed by atoms with Crippen LogP contribution in [0.1, 0.15) is 50.7 Å². The molecule has 18 heavy (non-hydrogen) atoms. The van der Waals surface area contributed by atoms with E-state index in [9.17, 15) is 5.11 Å². The van der Waals surface area contributed by atoms with Crippen LogP contribution in [0.5, 0.6) is 0 Å². The highest BCUT2D eigenvalue weighted by Crippen LogP contribution is 2.23. The zero-order chi connectivity index (χ0) is 13.0. The highest BCUT2D eigenvalue weighted by atomic mass is 16.5. The van der Waals surface area contributed by atoms with Gasteiger partial charge >= 0.3 is 0 Å². The van der Waals surface area contributed by atoms with Crippen LogP contribution in [-0.4, -0.2) is 39.3 Å². The van der Waals surface area contributed by atoms with Crippen LogP contribution in [0, 0.1) is 0 Å². The molecule has 0 spiro atoms. The van der Waals surface area contributed by atoms with Gasteiger partial charge in [0, 0.05) is 12.5 Å². The van der Waals surface area contributed by atoms with Gasteiger partial charge < -0.3 is 9.63 Å². The maximum atomic E-state index is 10.00. The summed E-state index contributed by atoms with van der Waals surface area (Å²) in [7, 11) is 2.02. The highest BCUT2D eigenvalue weighted by Gasteiger charge is 2.27. The van der Waals surface area contributed by atoms with E-state index in [1.165, 1.54) is 6.42 Å². The second-order valence-electron chi connectivity index (χ2n) is 5.19. The molecule has 1 aromatic heterocycles. The van der Waals surface area contributed by atoms with E-state index < -0.39 is 0 Å². The molecule has 1 fully saturated rings. The Morgan fingerprint density at radius 3 is 2.89 bits per heavy atom. The Morgan fingerprint density at radius 2 is 2.17 bits per heavy atom. The highest BCUT2D eigenvalue weighted by molar-refractivity contribution is 4.89. The van der Waals surface area contributed by atoms with Gasteiger partial charge in [0.05, 0.1) is 12.6 Å². The van der Waals surface area contributed by atoms with Crippen molar-refractivity contribution in [2.75, 3.05) is 7.05 Å². The summed E-state index contributed by atoms with van der Waals surface area (Å²) in [5.41, 5.74) is 0. The second-order valence-corrected chi connectivity index (χ2v) is 5.19. The van der Waals surface area contributed by atoms with Crippen LogP contribution in [0.3, 0.4) is 0 Å². The van der Waals surface area contributed by atoms with E-state index in [4.69, 9.17) is 4.52 Å². The molecule has 1 heterocycles. The first-order chi connectivity index (χ1) is 8.70. The number of nitrogens with zero attached hydrogens (tertiary/aromatic N) is 3. The van der Waals surface area contributed by atoms with Crippen molar-refractivity contribution >= 4 is 0 Å². The maximum Gasteiger partial charge on any atom is 0.240 e. The lowest BCUT2D eigenvalue weighted by Gasteiger charge is -2.34. The minimum Gasteiger partial charge on any atom is -0.391 e. The van der Waals surface area contributed by atoms with Gasteiger partial charge in [0.15, 0.2) is 5.82 Å². The third-order valence-electron chi connectivity index (χ3n) is 3.63. The molecule has 0 saturated heterocycles. The molecule has 2 rings (SSSR count). The monoisotopic (exact) mass is 253 g/mol. The molecule has 1 aromatic rings. The van der Waals surface area contributed by atoms with Crippen LogP contribution in [0.25, 0.3) is 0 Å². The van der Waals surface area contributed by atoms with Gasteiger partial charge in [0.2, 0.25) is 5.89 Å². The van der Waals surface area contributed by atoms with Crippen LogP contribution in [0.4, 0.5) is 0 Å². The molecule has 0 bridgehead atoms. The van der Waals surface area contributed by atoms with Gasteiger partial charge in [-0.05, 0) is 26.3 Å². The molecular formula is C13H23N3O2. The fraction of sp³-hybridized carbons (Fsp3) is 0.846. The predicted octanol–water partition coefficient (Wildman–Crippen LogP) is 1.76. The molecule has 0 amide bonds. The zero-order valence-corrected chi connectivity index (χ0v) is 11.3. The third kappa shape index (κ3) is 3.29. The average Bonchev–Trinajstić information content (AvgIpc) is 2.77. The smallest absolute Gasteiger partial charge is 0.240 e. The molecule has 1 aliphatic rings. The van der Waals surface area contributed by atoms with Crippen molar-refractivity contribution in [2.24, 2.45) is 0 Å². The molecule has 0 aliphatic heterocycles. The normalized spacial score (nSPS) is 24.7. The van der Waals surface area contributed by atoms with E-state index in [0.717, 1.165) is 37.9 Å². The van der Waals surface area contributed by atoms with E-state index in [-0.39, 0.29) is 12.1 Å². The van der Waals surface area contributed by atoms with Gasteiger partial charge in [0.1, 0.15) is 0 Å². The summed E-state index contributed by atoms with van der Waals surface area (Å²) in [6.07, 6.45) is 5.94. The van der Waals surface area contributed by atoms with Crippen molar-refractivity contribution in [2.45, 2.75) is 64.1 Å². The van der Waals surface area contributed by atoms with Crippen molar-refractivity contribution in [3.63, 3.8) is 0 Å². The first-order valence-electron chi connectivity index (χ1n) is 6.90. The van der Waals surface area contributed by atoms with Crippen molar-refractivity contribution in [3.8, 4) is 0 Å². The van der Waals surface area contributed by atoms with Crippen LogP contribution < -0.4 is 0 Å². The van der Waals surface area contributed by atoms with Crippen molar-refractivity contribution < 1.29 is 9.63 Å². The second kappa shape index (κ2) is 6.29. The molecule has 1 N–H and O–H groups in total. The summed E-state index contributed by atoms with van der Waals surface area (Å²) in [6.45, 7) is 2.72. The first-order valence-corrected chi connectivity index (χ1v) is 6.90. The number of hydrogen-bond donors (Lipinski definition) is 1. The van der Waals surface area contributed by atoms with Crippen LogP contribution in [-0.2, 0) is 13.0 Å². The minimum absolute atomic E-state index is 0.221. The number of hydrogen-bond acceptors (Lipinski definition) is 5. The number of aliphatic hydroxyl groups is 1. The van der Waals surface area contributed by atoms with Crippen molar-refractivity contribution in [3.05, 3.63) is 11.7 Å². The molecular weight excluding hydrogens is 230 g/mol. The molecule has 102 valence electrons. The first kappa shape index (κ1) is 13.5. The van der Waals surface area contributed by atoms with E-state index in [2.05, 4.69) is 22.0 Å². The van der Waals surface area contributed by atoms with Gasteiger partial charge in [-0.2, -0.15) is 4.98 Å². The standard InChI is InChI=1S/C13H23N3O2/c1-3-6-12-14-13(18-15-12)9-16(2)10-7-4-5-8-11(10)17/h10-11,17H,3-9H2,1-2H3. The van der Waals surface area contributed by atoms with E-state index >= 15 is 0 Å². The molecule has 0 aromatic carbocycles. The van der Waals surface area contributed by atoms with Gasteiger partial charge in [-0.1, -0.05) is 24.9 Å². The summed E-state index contributed by atoms with van der Waals surface area (Å²) >= 11 is 0.